The van der Waals surface area contributed by atoms with Crippen LogP contribution in [-0.4, -0.2) is 48.8 Å². The van der Waals surface area contributed by atoms with Crippen molar-refractivity contribution in [3.8, 4) is 5.69 Å². The molecule has 1 unspecified atom stereocenters. The number of aromatic nitrogens is 4. The van der Waals surface area contributed by atoms with Crippen molar-refractivity contribution in [2.45, 2.75) is 43.1 Å². The van der Waals surface area contributed by atoms with E-state index in [1.165, 1.54) is 43.2 Å². The molecule has 170 valence electrons. The van der Waals surface area contributed by atoms with Crippen LogP contribution in [0.2, 0.25) is 0 Å². The highest BCUT2D eigenvalue weighted by Gasteiger charge is 2.25. The number of aromatic amines is 1. The molecule has 33 heavy (non-hydrogen) atoms. The zero-order valence-electron chi connectivity index (χ0n) is 18.5. The van der Waals surface area contributed by atoms with Crippen LogP contribution in [-0.2, 0) is 6.54 Å². The standard InChI is InChI=1S/C25H26FN5OS/c1-17(24(32)21-15-27-22-8-4-3-7-20(21)22)33-25-29-28-23(16-30-13-5-2-6-14-30)31(25)19-11-9-18(26)10-12-19/h3-4,7-12,15,17,27H,2,5-6,13-14,16H2,1H3. The SMILES string of the molecule is CC(Sc1nnc(CN2CCCCC2)n1-c1ccc(F)cc1)C(=O)c1c[nH]c2ccccc12. The summed E-state index contributed by atoms with van der Waals surface area (Å²) in [6, 6.07) is 14.1. The first-order valence-electron chi connectivity index (χ1n) is 11.3. The predicted molar refractivity (Wildman–Crippen MR) is 128 cm³/mol. The molecule has 1 N–H and O–H groups in total. The molecule has 5 rings (SSSR count). The van der Waals surface area contributed by atoms with Gasteiger partial charge in [0.25, 0.3) is 0 Å². The number of benzene rings is 2. The van der Waals surface area contributed by atoms with E-state index in [1.807, 2.05) is 35.8 Å². The third kappa shape index (κ3) is 4.58. The molecule has 0 radical (unpaired) electrons. The van der Waals surface area contributed by atoms with Crippen LogP contribution in [0.15, 0.2) is 59.9 Å². The molecule has 1 atom stereocenters. The van der Waals surface area contributed by atoms with Crippen LogP contribution in [0.3, 0.4) is 0 Å². The number of nitrogens with zero attached hydrogens (tertiary/aromatic N) is 4. The molecule has 2 aromatic heterocycles. The Morgan fingerprint density at radius 3 is 2.64 bits per heavy atom. The summed E-state index contributed by atoms with van der Waals surface area (Å²) in [4.78, 5) is 18.8. The Morgan fingerprint density at radius 1 is 1.09 bits per heavy atom. The summed E-state index contributed by atoms with van der Waals surface area (Å²) in [6.45, 7) is 4.64. The molecule has 0 saturated carbocycles. The van der Waals surface area contributed by atoms with E-state index in [0.29, 0.717) is 17.3 Å². The molecular formula is C25H26FN5OS. The number of rotatable bonds is 7. The van der Waals surface area contributed by atoms with Crippen LogP contribution in [0.5, 0.6) is 0 Å². The van der Waals surface area contributed by atoms with Gasteiger partial charge in [0.15, 0.2) is 16.8 Å². The summed E-state index contributed by atoms with van der Waals surface area (Å²) in [6.07, 6.45) is 5.40. The number of ketones is 1. The predicted octanol–water partition coefficient (Wildman–Crippen LogP) is 5.24. The van der Waals surface area contributed by atoms with E-state index in [4.69, 9.17) is 0 Å². The topological polar surface area (TPSA) is 66.8 Å². The van der Waals surface area contributed by atoms with Gasteiger partial charge in [0.2, 0.25) is 0 Å². The molecule has 1 aliphatic rings. The number of halogens is 1. The molecule has 8 heteroatoms. The van der Waals surface area contributed by atoms with E-state index in [-0.39, 0.29) is 16.9 Å². The minimum absolute atomic E-state index is 0.0312. The molecule has 1 fully saturated rings. The van der Waals surface area contributed by atoms with Crippen LogP contribution in [0, 0.1) is 5.82 Å². The van der Waals surface area contributed by atoms with Gasteiger partial charge in [-0.1, -0.05) is 36.4 Å². The molecule has 6 nitrogen and oxygen atoms in total. The van der Waals surface area contributed by atoms with Crippen LogP contribution < -0.4 is 0 Å². The van der Waals surface area contributed by atoms with Crippen LogP contribution in [0.1, 0.15) is 42.4 Å². The number of para-hydroxylation sites is 1. The number of likely N-dealkylation sites (tertiary alicyclic amines) is 1. The molecule has 1 saturated heterocycles. The Balaban J connectivity index is 1.44. The van der Waals surface area contributed by atoms with E-state index in [9.17, 15) is 9.18 Å². The van der Waals surface area contributed by atoms with Gasteiger partial charge in [0, 0.05) is 28.4 Å². The van der Waals surface area contributed by atoms with Gasteiger partial charge in [-0.15, -0.1) is 10.2 Å². The second kappa shape index (κ2) is 9.49. The average Bonchev–Trinajstić information content (AvgIpc) is 3.44. The minimum Gasteiger partial charge on any atom is -0.360 e. The minimum atomic E-state index is -0.365. The van der Waals surface area contributed by atoms with E-state index in [1.54, 1.807) is 18.3 Å². The number of hydrogen-bond donors (Lipinski definition) is 1. The van der Waals surface area contributed by atoms with Crippen molar-refractivity contribution in [2.24, 2.45) is 0 Å². The van der Waals surface area contributed by atoms with Crippen molar-refractivity contribution in [2.75, 3.05) is 13.1 Å². The molecule has 1 aliphatic heterocycles. The van der Waals surface area contributed by atoms with E-state index in [2.05, 4.69) is 20.1 Å². The van der Waals surface area contributed by atoms with Gasteiger partial charge < -0.3 is 4.98 Å². The van der Waals surface area contributed by atoms with Crippen LogP contribution >= 0.6 is 11.8 Å². The Labute approximate surface area is 196 Å². The molecule has 4 aromatic rings. The highest BCUT2D eigenvalue weighted by Crippen LogP contribution is 2.30. The first kappa shape index (κ1) is 21.9. The lowest BCUT2D eigenvalue weighted by Crippen LogP contribution is -2.30. The molecule has 0 amide bonds. The number of H-pyrrole nitrogens is 1. The number of carbonyl (C=O) groups excluding carboxylic acids is 1. The zero-order chi connectivity index (χ0) is 22.8. The van der Waals surface area contributed by atoms with Gasteiger partial charge in [0.1, 0.15) is 5.82 Å². The number of fused-ring (bicyclic) bond motifs is 1. The summed E-state index contributed by atoms with van der Waals surface area (Å²) in [7, 11) is 0. The van der Waals surface area contributed by atoms with Gasteiger partial charge in [-0.25, -0.2) is 4.39 Å². The lowest BCUT2D eigenvalue weighted by Gasteiger charge is -2.26. The molecule has 2 aromatic carbocycles. The van der Waals surface area contributed by atoms with Gasteiger partial charge >= 0.3 is 0 Å². The first-order chi connectivity index (χ1) is 16.1. The van der Waals surface area contributed by atoms with Crippen molar-refractivity contribution in [1.82, 2.24) is 24.6 Å². The smallest absolute Gasteiger partial charge is 0.196 e. The highest BCUT2D eigenvalue weighted by molar-refractivity contribution is 8.00. The van der Waals surface area contributed by atoms with Crippen LogP contribution in [0.4, 0.5) is 4.39 Å². The summed E-state index contributed by atoms with van der Waals surface area (Å²) >= 11 is 1.38. The van der Waals surface area contributed by atoms with Crippen molar-refractivity contribution in [1.29, 1.82) is 0 Å². The molecule has 0 aliphatic carbocycles. The fourth-order valence-corrected chi connectivity index (χ4v) is 5.31. The maximum absolute atomic E-state index is 13.6. The number of Topliss-reactive ketones (excluding diaryl/α,β-unsaturated/α-hetero) is 1. The highest BCUT2D eigenvalue weighted by atomic mass is 32.2. The Hall–Kier alpha value is -2.97. The molecular weight excluding hydrogens is 437 g/mol. The first-order valence-corrected chi connectivity index (χ1v) is 12.2. The number of nitrogens with one attached hydrogen (secondary N) is 1. The zero-order valence-corrected chi connectivity index (χ0v) is 19.3. The number of piperidine rings is 1. The number of carbonyl (C=O) groups is 1. The maximum atomic E-state index is 13.6. The summed E-state index contributed by atoms with van der Waals surface area (Å²) in [5, 5.41) is 10.1. The second-order valence-electron chi connectivity index (χ2n) is 8.42. The largest absolute Gasteiger partial charge is 0.360 e. The lowest BCUT2D eigenvalue weighted by molar-refractivity contribution is 0.0995. The van der Waals surface area contributed by atoms with Gasteiger partial charge in [-0.05, 0) is 63.2 Å². The Bertz CT molecular complexity index is 1260. The summed E-state index contributed by atoms with van der Waals surface area (Å²) in [5.74, 6) is 0.544. The quantitative estimate of drug-likeness (QED) is 0.300. The van der Waals surface area contributed by atoms with Crippen molar-refractivity contribution < 1.29 is 9.18 Å². The van der Waals surface area contributed by atoms with Crippen molar-refractivity contribution >= 4 is 28.4 Å². The third-order valence-electron chi connectivity index (χ3n) is 6.11. The van der Waals surface area contributed by atoms with E-state index in [0.717, 1.165) is 35.5 Å². The fourth-order valence-electron chi connectivity index (χ4n) is 4.35. The number of hydrogen-bond acceptors (Lipinski definition) is 5. The summed E-state index contributed by atoms with van der Waals surface area (Å²) in [5.41, 5.74) is 2.41. The van der Waals surface area contributed by atoms with Crippen molar-refractivity contribution in [3.63, 3.8) is 0 Å². The molecule has 0 spiro atoms. The van der Waals surface area contributed by atoms with Crippen LogP contribution in [0.25, 0.3) is 16.6 Å². The second-order valence-corrected chi connectivity index (χ2v) is 9.73. The van der Waals surface area contributed by atoms with Gasteiger partial charge in [-0.2, -0.15) is 0 Å². The molecule has 3 heterocycles. The van der Waals surface area contributed by atoms with Gasteiger partial charge in [-0.3, -0.25) is 14.3 Å². The molecule has 0 bridgehead atoms. The summed E-state index contributed by atoms with van der Waals surface area (Å²) < 4.78 is 15.6. The lowest BCUT2D eigenvalue weighted by atomic mass is 10.1. The fraction of sp³-hybridized carbons (Fsp3) is 0.320. The number of thioether (sulfide) groups is 1. The van der Waals surface area contributed by atoms with Crippen molar-refractivity contribution in [3.05, 3.63) is 71.9 Å². The Morgan fingerprint density at radius 2 is 1.85 bits per heavy atom. The average molecular weight is 464 g/mol. The van der Waals surface area contributed by atoms with E-state index >= 15 is 0 Å². The third-order valence-corrected chi connectivity index (χ3v) is 7.15. The normalized spacial score (nSPS) is 15.7. The maximum Gasteiger partial charge on any atom is 0.196 e. The monoisotopic (exact) mass is 463 g/mol. The Kier molecular flexibility index (Phi) is 6.28. The van der Waals surface area contributed by atoms with Gasteiger partial charge in [0.05, 0.1) is 11.8 Å². The van der Waals surface area contributed by atoms with E-state index < -0.39 is 0 Å².